The number of halogens is 1. The molecule has 1 aliphatic heterocycles. The Bertz CT molecular complexity index is 685. The second kappa shape index (κ2) is 8.29. The molecule has 130 valence electrons. The molecule has 0 aliphatic carbocycles. The van der Waals surface area contributed by atoms with Crippen LogP contribution in [0.25, 0.3) is 0 Å². The first-order chi connectivity index (χ1) is 11.1. The lowest BCUT2D eigenvalue weighted by Gasteiger charge is -2.27. The summed E-state index contributed by atoms with van der Waals surface area (Å²) >= 11 is 1.69. The Morgan fingerprint density at radius 1 is 1.38 bits per heavy atom. The molecular weight excluding hydrogens is 431 g/mol. The Hall–Kier alpha value is -1.15. The molecule has 2 aromatic rings. The number of nitrogens with one attached hydrogen (secondary N) is 1. The third-order valence-electron chi connectivity index (χ3n) is 4.71. The molecule has 2 heterocycles. The van der Waals surface area contributed by atoms with Crippen LogP contribution in [0.5, 0.6) is 0 Å². The molecule has 4 nitrogen and oxygen atoms in total. The molecule has 1 atom stereocenters. The Morgan fingerprint density at radius 2 is 2.12 bits per heavy atom. The lowest BCUT2D eigenvalue weighted by atomic mass is 9.82. The van der Waals surface area contributed by atoms with Crippen LogP contribution in [0.3, 0.4) is 0 Å². The van der Waals surface area contributed by atoms with E-state index >= 15 is 0 Å². The van der Waals surface area contributed by atoms with Gasteiger partial charge >= 0.3 is 0 Å². The molecule has 0 spiro atoms. The maximum absolute atomic E-state index is 4.47. The number of likely N-dealkylation sites (tertiary alicyclic amines) is 1. The van der Waals surface area contributed by atoms with Crippen LogP contribution < -0.4 is 5.32 Å². The highest BCUT2D eigenvalue weighted by Gasteiger charge is 2.36. The van der Waals surface area contributed by atoms with E-state index in [4.69, 9.17) is 0 Å². The maximum Gasteiger partial charge on any atom is 0.193 e. The molecule has 3 rings (SSSR count). The van der Waals surface area contributed by atoms with Gasteiger partial charge in [0.25, 0.3) is 0 Å². The summed E-state index contributed by atoms with van der Waals surface area (Å²) in [5.41, 5.74) is 4.61. The van der Waals surface area contributed by atoms with E-state index in [9.17, 15) is 0 Å². The van der Waals surface area contributed by atoms with Crippen LogP contribution in [-0.2, 0) is 12.0 Å². The first-order valence-corrected chi connectivity index (χ1v) is 8.90. The van der Waals surface area contributed by atoms with Crippen molar-refractivity contribution in [3.05, 3.63) is 52.0 Å². The molecule has 1 N–H and O–H groups in total. The Morgan fingerprint density at radius 3 is 2.75 bits per heavy atom. The molecule has 1 unspecified atom stereocenters. The van der Waals surface area contributed by atoms with Gasteiger partial charge in [-0.15, -0.1) is 35.3 Å². The van der Waals surface area contributed by atoms with Gasteiger partial charge in [0, 0.05) is 30.4 Å². The summed E-state index contributed by atoms with van der Waals surface area (Å²) in [4.78, 5) is 12.4. The van der Waals surface area contributed by atoms with Crippen molar-refractivity contribution in [1.82, 2.24) is 15.2 Å². The van der Waals surface area contributed by atoms with Gasteiger partial charge in [-0.05, 0) is 18.9 Å². The molecule has 0 saturated carbocycles. The minimum Gasteiger partial charge on any atom is -0.351 e. The van der Waals surface area contributed by atoms with Crippen molar-refractivity contribution in [2.75, 3.05) is 20.1 Å². The number of thiazole rings is 1. The fourth-order valence-corrected chi connectivity index (χ4v) is 3.92. The minimum absolute atomic E-state index is 0. The Balaban J connectivity index is 0.00000208. The zero-order valence-electron chi connectivity index (χ0n) is 14.5. The third-order valence-corrected chi connectivity index (χ3v) is 5.64. The van der Waals surface area contributed by atoms with Crippen molar-refractivity contribution in [3.63, 3.8) is 0 Å². The fraction of sp³-hybridized carbons (Fsp3) is 0.444. The van der Waals surface area contributed by atoms with Crippen LogP contribution in [0.4, 0.5) is 0 Å². The van der Waals surface area contributed by atoms with Crippen molar-refractivity contribution >= 4 is 41.3 Å². The molecule has 0 radical (unpaired) electrons. The summed E-state index contributed by atoms with van der Waals surface area (Å²) < 4.78 is 0. The van der Waals surface area contributed by atoms with E-state index in [0.717, 1.165) is 37.7 Å². The van der Waals surface area contributed by atoms with E-state index in [2.05, 4.69) is 64.4 Å². The van der Waals surface area contributed by atoms with Crippen molar-refractivity contribution < 1.29 is 0 Å². The van der Waals surface area contributed by atoms with E-state index in [0.29, 0.717) is 0 Å². The third kappa shape index (κ3) is 4.08. The van der Waals surface area contributed by atoms with Crippen LogP contribution in [0.1, 0.15) is 29.5 Å². The molecule has 0 amide bonds. The number of guanidine groups is 1. The van der Waals surface area contributed by atoms with E-state index in [1.165, 1.54) is 10.4 Å². The highest BCUT2D eigenvalue weighted by Crippen LogP contribution is 2.33. The zero-order valence-corrected chi connectivity index (χ0v) is 17.6. The number of aliphatic imine (C=N–C) groups is 1. The lowest BCUT2D eigenvalue weighted by Crippen LogP contribution is -2.41. The normalized spacial score (nSPS) is 20.8. The molecule has 0 bridgehead atoms. The minimum atomic E-state index is 0. The largest absolute Gasteiger partial charge is 0.351 e. The Labute approximate surface area is 165 Å². The number of nitrogens with zero attached hydrogens (tertiary/aromatic N) is 3. The smallest absolute Gasteiger partial charge is 0.193 e. The van der Waals surface area contributed by atoms with Gasteiger partial charge in [-0.1, -0.05) is 37.3 Å². The second-order valence-corrected chi connectivity index (χ2v) is 7.30. The van der Waals surface area contributed by atoms with E-state index in [1.54, 1.807) is 11.3 Å². The van der Waals surface area contributed by atoms with E-state index in [1.807, 2.05) is 12.6 Å². The van der Waals surface area contributed by atoms with Crippen LogP contribution >= 0.6 is 35.3 Å². The van der Waals surface area contributed by atoms with Gasteiger partial charge in [-0.25, -0.2) is 4.98 Å². The van der Waals surface area contributed by atoms with Gasteiger partial charge in [0.1, 0.15) is 0 Å². The van der Waals surface area contributed by atoms with Crippen molar-refractivity contribution in [2.45, 2.75) is 32.2 Å². The molecule has 1 fully saturated rings. The Kier molecular flexibility index (Phi) is 6.62. The van der Waals surface area contributed by atoms with E-state index in [-0.39, 0.29) is 29.4 Å². The first-order valence-electron chi connectivity index (χ1n) is 8.02. The predicted octanol–water partition coefficient (Wildman–Crippen LogP) is 3.81. The van der Waals surface area contributed by atoms with Crippen LogP contribution in [0.2, 0.25) is 0 Å². The van der Waals surface area contributed by atoms with Crippen LogP contribution in [0, 0.1) is 6.92 Å². The van der Waals surface area contributed by atoms with Crippen molar-refractivity contribution in [1.29, 1.82) is 0 Å². The SMILES string of the molecule is CN=C(NCc1scnc1C)N1CCC(C)(c2ccccc2)C1.I. The first kappa shape index (κ1) is 19.2. The molecule has 1 aliphatic rings. The van der Waals surface area contributed by atoms with Gasteiger partial charge < -0.3 is 10.2 Å². The summed E-state index contributed by atoms with van der Waals surface area (Å²) in [6, 6.07) is 10.8. The van der Waals surface area contributed by atoms with Gasteiger partial charge in [0.2, 0.25) is 0 Å². The van der Waals surface area contributed by atoms with Crippen molar-refractivity contribution in [2.24, 2.45) is 4.99 Å². The highest BCUT2D eigenvalue weighted by molar-refractivity contribution is 14.0. The molecule has 1 saturated heterocycles. The number of rotatable bonds is 3. The predicted molar refractivity (Wildman–Crippen MR) is 112 cm³/mol. The standard InChI is InChI=1S/C18H24N4S.HI/c1-14-16(23-13-21-14)11-20-17(19-3)22-10-9-18(2,12-22)15-7-5-4-6-8-15;/h4-8,13H,9-12H2,1-3H3,(H,19,20);1H. The molecule has 24 heavy (non-hydrogen) atoms. The number of benzene rings is 1. The maximum atomic E-state index is 4.47. The highest BCUT2D eigenvalue weighted by atomic mass is 127. The average Bonchev–Trinajstić information content (AvgIpc) is 3.16. The number of aromatic nitrogens is 1. The van der Waals surface area contributed by atoms with Crippen LogP contribution in [-0.4, -0.2) is 36.0 Å². The monoisotopic (exact) mass is 456 g/mol. The average molecular weight is 456 g/mol. The molecule has 1 aromatic heterocycles. The summed E-state index contributed by atoms with van der Waals surface area (Å²) in [6.45, 7) is 7.23. The molecule has 6 heteroatoms. The summed E-state index contributed by atoms with van der Waals surface area (Å²) in [7, 11) is 1.86. The number of hydrogen-bond acceptors (Lipinski definition) is 3. The lowest BCUT2D eigenvalue weighted by molar-refractivity contribution is 0.438. The van der Waals surface area contributed by atoms with Gasteiger partial charge in [0.15, 0.2) is 5.96 Å². The van der Waals surface area contributed by atoms with E-state index < -0.39 is 0 Å². The summed E-state index contributed by atoms with van der Waals surface area (Å²) in [6.07, 6.45) is 1.15. The van der Waals surface area contributed by atoms with Gasteiger partial charge in [-0.3, -0.25) is 4.99 Å². The van der Waals surface area contributed by atoms with Gasteiger partial charge in [-0.2, -0.15) is 0 Å². The summed E-state index contributed by atoms with van der Waals surface area (Å²) in [5.74, 6) is 0.984. The number of aryl methyl sites for hydroxylation is 1. The fourth-order valence-electron chi connectivity index (χ4n) is 3.21. The topological polar surface area (TPSA) is 40.5 Å². The van der Waals surface area contributed by atoms with Crippen LogP contribution in [0.15, 0.2) is 40.8 Å². The molecular formula is C18H25IN4S. The quantitative estimate of drug-likeness (QED) is 0.434. The summed E-state index contributed by atoms with van der Waals surface area (Å²) in [5, 5.41) is 3.49. The number of hydrogen-bond donors (Lipinski definition) is 1. The van der Waals surface area contributed by atoms with Crippen molar-refractivity contribution in [3.8, 4) is 0 Å². The second-order valence-electron chi connectivity index (χ2n) is 6.36. The molecule has 1 aromatic carbocycles. The van der Waals surface area contributed by atoms with Gasteiger partial charge in [0.05, 0.1) is 17.7 Å². The zero-order chi connectivity index (χ0) is 16.3.